The Morgan fingerprint density at radius 1 is 1.56 bits per heavy atom. The van der Waals surface area contributed by atoms with Gasteiger partial charge in [0, 0.05) is 5.56 Å². The fraction of sp³-hybridized carbons (Fsp3) is 0.0909. The van der Waals surface area contributed by atoms with Gasteiger partial charge in [-0.15, -0.1) is 0 Å². The Morgan fingerprint density at radius 3 is 2.78 bits per heavy atom. The van der Waals surface area contributed by atoms with Gasteiger partial charge in [0.25, 0.3) is 0 Å². The number of aromatic nitrogens is 2. The number of nitrogens with zero attached hydrogens (tertiary/aromatic N) is 3. The average molecular weight is 245 g/mol. The molecule has 0 radical (unpaired) electrons. The lowest BCUT2D eigenvalue weighted by molar-refractivity contribution is -0.384. The lowest BCUT2D eigenvalue weighted by atomic mass is 10.1. The first kappa shape index (κ1) is 11.8. The first-order chi connectivity index (χ1) is 8.49. The van der Waals surface area contributed by atoms with Crippen molar-refractivity contribution in [2.24, 2.45) is 5.73 Å². The zero-order chi connectivity index (χ0) is 13.3. The molecule has 0 atom stereocenters. The van der Waals surface area contributed by atoms with Gasteiger partial charge in [-0.25, -0.2) is 4.68 Å². The number of hydrogen-bond acceptors (Lipinski definition) is 4. The molecule has 7 nitrogen and oxygen atoms in total. The Labute approximate surface area is 103 Å². The molecular formula is C11H11N5O2. The molecule has 0 aliphatic carbocycles. The zero-order valence-electron chi connectivity index (χ0n) is 9.62. The summed E-state index contributed by atoms with van der Waals surface area (Å²) in [5.74, 6) is -0.00880. The van der Waals surface area contributed by atoms with Crippen molar-refractivity contribution in [1.82, 2.24) is 9.78 Å². The molecule has 0 unspecified atom stereocenters. The van der Waals surface area contributed by atoms with Crippen molar-refractivity contribution < 1.29 is 4.92 Å². The van der Waals surface area contributed by atoms with Crippen LogP contribution in [0.4, 0.5) is 5.69 Å². The van der Waals surface area contributed by atoms with Crippen LogP contribution in [-0.4, -0.2) is 20.5 Å². The molecule has 7 heteroatoms. The number of nitrogens with one attached hydrogen (secondary N) is 1. The lowest BCUT2D eigenvalue weighted by Gasteiger charge is -2.06. The molecule has 2 aromatic rings. The first-order valence-corrected chi connectivity index (χ1v) is 5.13. The number of rotatable bonds is 3. The van der Waals surface area contributed by atoms with Crippen molar-refractivity contribution in [1.29, 1.82) is 5.41 Å². The van der Waals surface area contributed by atoms with Gasteiger partial charge in [0.1, 0.15) is 18.2 Å². The standard InChI is InChI=1S/C11H11N5O2/c1-7-4-8(2-3-10(7)11(12)13)15-6-9(5-14-15)16(17)18/h2-6H,1H3,(H3,12,13). The van der Waals surface area contributed by atoms with Crippen LogP contribution in [0.3, 0.4) is 0 Å². The van der Waals surface area contributed by atoms with E-state index in [9.17, 15) is 10.1 Å². The van der Waals surface area contributed by atoms with E-state index >= 15 is 0 Å². The molecular weight excluding hydrogens is 234 g/mol. The van der Waals surface area contributed by atoms with Crippen molar-refractivity contribution in [2.75, 3.05) is 0 Å². The van der Waals surface area contributed by atoms with E-state index in [0.717, 1.165) is 5.56 Å². The second-order valence-corrected chi connectivity index (χ2v) is 3.81. The Hall–Kier alpha value is -2.70. The van der Waals surface area contributed by atoms with Crippen molar-refractivity contribution in [2.45, 2.75) is 6.92 Å². The summed E-state index contributed by atoms with van der Waals surface area (Å²) in [5.41, 5.74) is 7.50. The van der Waals surface area contributed by atoms with Gasteiger partial charge in [0.05, 0.1) is 10.6 Å². The van der Waals surface area contributed by atoms with Gasteiger partial charge >= 0.3 is 5.69 Å². The monoisotopic (exact) mass is 245 g/mol. The van der Waals surface area contributed by atoms with E-state index < -0.39 is 4.92 Å². The summed E-state index contributed by atoms with van der Waals surface area (Å²) < 4.78 is 1.41. The topological polar surface area (TPSA) is 111 Å². The van der Waals surface area contributed by atoms with Crippen LogP contribution in [0.15, 0.2) is 30.6 Å². The predicted octanol–water partition coefficient (Wildman–Crippen LogP) is 1.37. The average Bonchev–Trinajstić information content (AvgIpc) is 2.77. The van der Waals surface area contributed by atoms with Crippen molar-refractivity contribution in [3.8, 4) is 5.69 Å². The molecule has 0 fully saturated rings. The summed E-state index contributed by atoms with van der Waals surface area (Å²) in [6.07, 6.45) is 2.52. The zero-order valence-corrected chi connectivity index (χ0v) is 9.62. The third-order valence-corrected chi connectivity index (χ3v) is 2.54. The number of hydrogen-bond donors (Lipinski definition) is 2. The Morgan fingerprint density at radius 2 is 2.28 bits per heavy atom. The fourth-order valence-corrected chi connectivity index (χ4v) is 1.64. The third kappa shape index (κ3) is 2.05. The minimum absolute atomic E-state index is 0.00880. The molecule has 0 aliphatic rings. The van der Waals surface area contributed by atoms with E-state index in [4.69, 9.17) is 11.1 Å². The second kappa shape index (κ2) is 4.28. The molecule has 18 heavy (non-hydrogen) atoms. The normalized spacial score (nSPS) is 10.3. The smallest absolute Gasteiger partial charge is 0.307 e. The van der Waals surface area contributed by atoms with Crippen LogP contribution < -0.4 is 5.73 Å². The number of nitrogens with two attached hydrogens (primary N) is 1. The highest BCUT2D eigenvalue weighted by molar-refractivity contribution is 5.96. The van der Waals surface area contributed by atoms with E-state index in [1.54, 1.807) is 18.2 Å². The molecule has 0 aliphatic heterocycles. The molecule has 2 rings (SSSR count). The van der Waals surface area contributed by atoms with E-state index in [2.05, 4.69) is 5.10 Å². The maximum absolute atomic E-state index is 10.6. The third-order valence-electron chi connectivity index (χ3n) is 2.54. The number of nitro groups is 1. The minimum Gasteiger partial charge on any atom is -0.384 e. The van der Waals surface area contributed by atoms with Crippen LogP contribution in [0.5, 0.6) is 0 Å². The SMILES string of the molecule is Cc1cc(-n2cc([N+](=O)[O-])cn2)ccc1C(=N)N. The minimum atomic E-state index is -0.500. The molecule has 0 saturated carbocycles. The number of benzene rings is 1. The van der Waals surface area contributed by atoms with Crippen LogP contribution in [0.1, 0.15) is 11.1 Å². The summed E-state index contributed by atoms with van der Waals surface area (Å²) in [4.78, 5) is 10.1. The molecule has 0 amide bonds. The van der Waals surface area contributed by atoms with Crippen LogP contribution in [-0.2, 0) is 0 Å². The fourth-order valence-electron chi connectivity index (χ4n) is 1.64. The Kier molecular flexibility index (Phi) is 2.80. The van der Waals surface area contributed by atoms with Crippen LogP contribution in [0.25, 0.3) is 5.69 Å². The molecule has 0 bridgehead atoms. The van der Waals surface area contributed by atoms with Gasteiger partial charge in [0.2, 0.25) is 0 Å². The summed E-state index contributed by atoms with van der Waals surface area (Å²) in [5, 5.41) is 21.9. The van der Waals surface area contributed by atoms with Gasteiger partial charge < -0.3 is 5.73 Å². The van der Waals surface area contributed by atoms with E-state index in [1.807, 2.05) is 6.92 Å². The number of aryl methyl sites for hydroxylation is 1. The van der Waals surface area contributed by atoms with Gasteiger partial charge in [0.15, 0.2) is 0 Å². The Balaban J connectivity index is 2.42. The summed E-state index contributed by atoms with van der Waals surface area (Å²) >= 11 is 0. The van der Waals surface area contributed by atoms with E-state index in [1.165, 1.54) is 17.1 Å². The van der Waals surface area contributed by atoms with Crippen LogP contribution in [0.2, 0.25) is 0 Å². The molecule has 0 spiro atoms. The largest absolute Gasteiger partial charge is 0.384 e. The van der Waals surface area contributed by atoms with E-state index in [0.29, 0.717) is 11.3 Å². The van der Waals surface area contributed by atoms with Crippen LogP contribution in [0, 0.1) is 22.4 Å². The van der Waals surface area contributed by atoms with Crippen molar-refractivity contribution in [3.63, 3.8) is 0 Å². The van der Waals surface area contributed by atoms with Gasteiger partial charge in [-0.1, -0.05) is 0 Å². The maximum atomic E-state index is 10.6. The highest BCUT2D eigenvalue weighted by Crippen LogP contribution is 2.16. The molecule has 1 heterocycles. The lowest BCUT2D eigenvalue weighted by Crippen LogP contribution is -2.13. The van der Waals surface area contributed by atoms with Crippen molar-refractivity contribution >= 4 is 11.5 Å². The molecule has 1 aromatic heterocycles. The number of amidine groups is 1. The number of nitrogen functional groups attached to an aromatic ring is 1. The Bertz CT molecular complexity index is 632. The summed E-state index contributed by atoms with van der Waals surface area (Å²) in [6, 6.07) is 5.18. The quantitative estimate of drug-likeness (QED) is 0.368. The van der Waals surface area contributed by atoms with Gasteiger partial charge in [-0.3, -0.25) is 15.5 Å². The molecule has 92 valence electrons. The summed E-state index contributed by atoms with van der Waals surface area (Å²) in [6.45, 7) is 1.82. The maximum Gasteiger partial charge on any atom is 0.307 e. The summed E-state index contributed by atoms with van der Waals surface area (Å²) in [7, 11) is 0. The van der Waals surface area contributed by atoms with Gasteiger partial charge in [-0.2, -0.15) is 5.10 Å². The van der Waals surface area contributed by atoms with E-state index in [-0.39, 0.29) is 11.5 Å². The highest BCUT2D eigenvalue weighted by Gasteiger charge is 2.10. The molecule has 1 aromatic carbocycles. The molecule has 3 N–H and O–H groups in total. The highest BCUT2D eigenvalue weighted by atomic mass is 16.6. The van der Waals surface area contributed by atoms with Crippen LogP contribution >= 0.6 is 0 Å². The molecule has 0 saturated heterocycles. The van der Waals surface area contributed by atoms with Crippen molar-refractivity contribution in [3.05, 3.63) is 51.8 Å². The first-order valence-electron chi connectivity index (χ1n) is 5.13. The second-order valence-electron chi connectivity index (χ2n) is 3.81. The predicted molar refractivity (Wildman–Crippen MR) is 66.0 cm³/mol. The van der Waals surface area contributed by atoms with Gasteiger partial charge in [-0.05, 0) is 30.7 Å².